The van der Waals surface area contributed by atoms with Gasteiger partial charge in [-0.15, -0.1) is 4.89 Å². The van der Waals surface area contributed by atoms with Crippen molar-refractivity contribution in [2.75, 3.05) is 0 Å². The molecule has 0 aliphatic rings. The first kappa shape index (κ1) is 16.6. The van der Waals surface area contributed by atoms with Gasteiger partial charge < -0.3 is 0 Å². The molecule has 1 aromatic rings. The average Bonchev–Trinajstić information content (AvgIpc) is 2.41. The van der Waals surface area contributed by atoms with Crippen molar-refractivity contribution in [1.29, 1.82) is 0 Å². The highest BCUT2D eigenvalue weighted by atomic mass is 17.3. The lowest BCUT2D eigenvalue weighted by Crippen LogP contribution is -2.26. The van der Waals surface area contributed by atoms with E-state index in [4.69, 9.17) is 19.6 Å². The first-order chi connectivity index (χ1) is 9.42. The van der Waals surface area contributed by atoms with Crippen molar-refractivity contribution in [3.05, 3.63) is 35.9 Å². The van der Waals surface area contributed by atoms with E-state index in [2.05, 4.69) is 0 Å². The zero-order valence-corrected chi connectivity index (χ0v) is 12.4. The number of carbonyl (C=O) groups excluding carboxylic acids is 1. The maximum absolute atomic E-state index is 11.7. The van der Waals surface area contributed by atoms with Gasteiger partial charge in [-0.05, 0) is 32.9 Å². The molecule has 0 saturated carbocycles. The number of hydrogen-bond donors (Lipinski definition) is 0. The first-order valence-electron chi connectivity index (χ1n) is 6.69. The second kappa shape index (κ2) is 7.99. The van der Waals surface area contributed by atoms with Crippen LogP contribution in [0.4, 0.5) is 0 Å². The van der Waals surface area contributed by atoms with E-state index in [1.807, 2.05) is 33.8 Å². The quantitative estimate of drug-likeness (QED) is 0.434. The van der Waals surface area contributed by atoms with Crippen molar-refractivity contribution in [1.82, 2.24) is 0 Å². The molecule has 0 aliphatic heterocycles. The molecular weight excluding hydrogens is 260 g/mol. The Bertz CT molecular complexity index is 396. The molecule has 0 aliphatic carbocycles. The summed E-state index contributed by atoms with van der Waals surface area (Å²) in [5.74, 6) is -0.564. The van der Waals surface area contributed by atoms with E-state index in [0.717, 1.165) is 6.42 Å². The van der Waals surface area contributed by atoms with Gasteiger partial charge in [0.2, 0.25) is 6.29 Å². The highest BCUT2D eigenvalue weighted by Gasteiger charge is 2.19. The Balaban J connectivity index is 2.44. The zero-order valence-electron chi connectivity index (χ0n) is 12.4. The van der Waals surface area contributed by atoms with Gasteiger partial charge in [-0.1, -0.05) is 31.5 Å². The van der Waals surface area contributed by atoms with Crippen LogP contribution in [-0.4, -0.2) is 17.9 Å². The summed E-state index contributed by atoms with van der Waals surface area (Å²) in [7, 11) is 0. The minimum Gasteiger partial charge on any atom is -0.290 e. The van der Waals surface area contributed by atoms with Crippen LogP contribution in [0.2, 0.25) is 0 Å². The van der Waals surface area contributed by atoms with E-state index in [1.165, 1.54) is 0 Å². The molecule has 0 saturated heterocycles. The smallest absolute Gasteiger partial charge is 0.290 e. The summed E-state index contributed by atoms with van der Waals surface area (Å²) in [5, 5.41) is 0. The topological polar surface area (TPSA) is 54.0 Å². The fourth-order valence-electron chi connectivity index (χ4n) is 1.27. The van der Waals surface area contributed by atoms with Crippen LogP contribution in [0.15, 0.2) is 30.3 Å². The maximum atomic E-state index is 11.7. The largest absolute Gasteiger partial charge is 0.373 e. The van der Waals surface area contributed by atoms with Crippen LogP contribution in [0.3, 0.4) is 0 Å². The Morgan fingerprint density at radius 2 is 1.80 bits per heavy atom. The molecule has 1 unspecified atom stereocenters. The predicted octanol–water partition coefficient (Wildman–Crippen LogP) is 3.65. The number of carbonyl (C=O) groups is 1. The summed E-state index contributed by atoms with van der Waals surface area (Å²) in [6.07, 6.45) is 0.617. The lowest BCUT2D eigenvalue weighted by molar-refractivity contribution is -0.467. The van der Waals surface area contributed by atoms with Gasteiger partial charge in [0.15, 0.2) is 0 Å². The second-order valence-corrected chi connectivity index (χ2v) is 5.34. The van der Waals surface area contributed by atoms with Crippen LogP contribution < -0.4 is 0 Å². The standard InChI is InChI=1S/C15H22O5/c1-5-9-13(18-20-15(2,3)4)17-19-14(16)12-10-7-6-8-11-12/h6-8,10-11,13H,5,9H2,1-4H3. The predicted molar refractivity (Wildman–Crippen MR) is 73.6 cm³/mol. The monoisotopic (exact) mass is 282 g/mol. The Kier molecular flexibility index (Phi) is 6.64. The van der Waals surface area contributed by atoms with Crippen molar-refractivity contribution < 1.29 is 24.3 Å². The third kappa shape index (κ3) is 6.65. The van der Waals surface area contributed by atoms with Crippen molar-refractivity contribution in [3.8, 4) is 0 Å². The lowest BCUT2D eigenvalue weighted by atomic mass is 10.2. The van der Waals surface area contributed by atoms with E-state index >= 15 is 0 Å². The Labute approximate surface area is 119 Å². The van der Waals surface area contributed by atoms with Gasteiger partial charge in [0.05, 0.1) is 11.2 Å². The third-order valence-electron chi connectivity index (χ3n) is 2.17. The molecule has 5 heteroatoms. The highest BCUT2D eigenvalue weighted by molar-refractivity contribution is 5.88. The van der Waals surface area contributed by atoms with E-state index < -0.39 is 17.9 Å². The number of hydrogen-bond acceptors (Lipinski definition) is 5. The molecule has 1 atom stereocenters. The van der Waals surface area contributed by atoms with E-state index in [0.29, 0.717) is 12.0 Å². The SMILES string of the molecule is CCCC(OOC(=O)c1ccccc1)OOC(C)(C)C. The van der Waals surface area contributed by atoms with Crippen molar-refractivity contribution in [2.45, 2.75) is 52.4 Å². The molecule has 1 aromatic carbocycles. The van der Waals surface area contributed by atoms with Gasteiger partial charge in [0.1, 0.15) is 0 Å². The fraction of sp³-hybridized carbons (Fsp3) is 0.533. The molecular formula is C15H22O5. The lowest BCUT2D eigenvalue weighted by Gasteiger charge is -2.21. The van der Waals surface area contributed by atoms with Crippen LogP contribution >= 0.6 is 0 Å². The zero-order chi connectivity index (χ0) is 15.0. The molecule has 0 radical (unpaired) electrons. The number of benzene rings is 1. The van der Waals surface area contributed by atoms with E-state index in [1.54, 1.807) is 24.3 Å². The summed E-state index contributed by atoms with van der Waals surface area (Å²) in [5.41, 5.74) is -0.0433. The van der Waals surface area contributed by atoms with Gasteiger partial charge in [0, 0.05) is 6.42 Å². The molecule has 0 fully saturated rings. The van der Waals surface area contributed by atoms with Crippen LogP contribution in [0.5, 0.6) is 0 Å². The molecule has 5 nitrogen and oxygen atoms in total. The molecule has 1 rings (SSSR count). The summed E-state index contributed by atoms with van der Waals surface area (Å²) in [4.78, 5) is 31.8. The van der Waals surface area contributed by atoms with Gasteiger partial charge in [-0.2, -0.15) is 4.89 Å². The van der Waals surface area contributed by atoms with Gasteiger partial charge in [-0.3, -0.25) is 4.89 Å². The van der Waals surface area contributed by atoms with E-state index in [9.17, 15) is 4.79 Å². The van der Waals surface area contributed by atoms with Crippen molar-refractivity contribution >= 4 is 5.97 Å². The Morgan fingerprint density at radius 3 is 2.35 bits per heavy atom. The molecule has 20 heavy (non-hydrogen) atoms. The van der Waals surface area contributed by atoms with Gasteiger partial charge in [0.25, 0.3) is 0 Å². The minimum atomic E-state index is -0.744. The van der Waals surface area contributed by atoms with Crippen LogP contribution in [0.25, 0.3) is 0 Å². The van der Waals surface area contributed by atoms with Crippen molar-refractivity contribution in [2.24, 2.45) is 0 Å². The van der Waals surface area contributed by atoms with E-state index in [-0.39, 0.29) is 0 Å². The van der Waals surface area contributed by atoms with Crippen molar-refractivity contribution in [3.63, 3.8) is 0 Å². The molecule has 0 heterocycles. The minimum absolute atomic E-state index is 0.416. The van der Waals surface area contributed by atoms with Crippen LogP contribution in [-0.2, 0) is 19.6 Å². The van der Waals surface area contributed by atoms with Gasteiger partial charge in [-0.25, -0.2) is 9.68 Å². The highest BCUT2D eigenvalue weighted by Crippen LogP contribution is 2.13. The fourth-order valence-corrected chi connectivity index (χ4v) is 1.27. The summed E-state index contributed by atoms with van der Waals surface area (Å²) >= 11 is 0. The molecule has 112 valence electrons. The molecule has 0 amide bonds. The van der Waals surface area contributed by atoms with Gasteiger partial charge >= 0.3 is 5.97 Å². The molecule has 0 aromatic heterocycles. The molecule has 0 spiro atoms. The first-order valence-corrected chi connectivity index (χ1v) is 6.69. The van der Waals surface area contributed by atoms with Crippen LogP contribution in [0, 0.1) is 0 Å². The maximum Gasteiger partial charge on any atom is 0.373 e. The average molecular weight is 282 g/mol. The third-order valence-corrected chi connectivity index (χ3v) is 2.17. The second-order valence-electron chi connectivity index (χ2n) is 5.34. The Morgan fingerprint density at radius 1 is 1.15 bits per heavy atom. The number of rotatable bonds is 7. The van der Waals surface area contributed by atoms with Crippen LogP contribution in [0.1, 0.15) is 50.9 Å². The summed E-state index contributed by atoms with van der Waals surface area (Å²) < 4.78 is 0. The summed E-state index contributed by atoms with van der Waals surface area (Å²) in [6.45, 7) is 7.53. The summed E-state index contributed by atoms with van der Waals surface area (Å²) in [6, 6.07) is 8.61. The normalized spacial score (nSPS) is 13.0. The Hall–Kier alpha value is -1.43. The molecule has 0 N–H and O–H groups in total. The molecule has 0 bridgehead atoms.